The predicted octanol–water partition coefficient (Wildman–Crippen LogP) is 0.800. The maximum Gasteiger partial charge on any atom is 0.310 e. The second kappa shape index (κ2) is 5.76. The van der Waals surface area contributed by atoms with Gasteiger partial charge in [0.1, 0.15) is 5.92 Å². The first-order valence-corrected chi connectivity index (χ1v) is 7.59. The normalized spacial score (nSPS) is 30.2. The molecule has 1 fully saturated rings. The fourth-order valence-electron chi connectivity index (χ4n) is 3.25. The van der Waals surface area contributed by atoms with Gasteiger partial charge in [-0.2, -0.15) is 0 Å². The fourth-order valence-corrected chi connectivity index (χ4v) is 3.25. The Morgan fingerprint density at radius 3 is 2.46 bits per heavy atom. The van der Waals surface area contributed by atoms with Crippen LogP contribution in [0.2, 0.25) is 0 Å². The van der Waals surface area contributed by atoms with Crippen LogP contribution in [0.4, 0.5) is 0 Å². The third kappa shape index (κ3) is 2.67. The molecule has 7 heteroatoms. The van der Waals surface area contributed by atoms with Crippen molar-refractivity contribution in [3.63, 3.8) is 0 Å². The molecule has 4 atom stereocenters. The molecule has 0 radical (unpaired) electrons. The number of carboxylic acid groups (broad SMARTS) is 1. The Morgan fingerprint density at radius 2 is 1.83 bits per heavy atom. The molecule has 0 saturated carbocycles. The summed E-state index contributed by atoms with van der Waals surface area (Å²) in [5.74, 6) is -4.05. The number of aliphatic carboxylic acids is 1. The molecule has 1 aromatic rings. The van der Waals surface area contributed by atoms with Crippen LogP contribution in [0.15, 0.2) is 36.4 Å². The van der Waals surface area contributed by atoms with E-state index in [0.717, 1.165) is 5.56 Å². The van der Waals surface area contributed by atoms with E-state index in [-0.39, 0.29) is 0 Å². The van der Waals surface area contributed by atoms with Crippen molar-refractivity contribution in [2.45, 2.75) is 25.6 Å². The molecule has 0 spiro atoms. The van der Waals surface area contributed by atoms with Crippen molar-refractivity contribution >= 4 is 17.8 Å². The smallest absolute Gasteiger partial charge is 0.310 e. The molecule has 1 aromatic carbocycles. The first-order chi connectivity index (χ1) is 11.3. The molecule has 2 aliphatic heterocycles. The zero-order chi connectivity index (χ0) is 17.5. The molecule has 2 heterocycles. The average molecular weight is 330 g/mol. The molecule has 2 bridgehead atoms. The molecular formula is C17H18N2O5. The zero-order valence-corrected chi connectivity index (χ0v) is 13.3. The highest BCUT2D eigenvalue weighted by atomic mass is 16.5. The SMILES string of the molecule is Cc1ccc(C(=O)NNC(=O)[C@H]2[C@@H](C(=O)O)[C@H]3C=C[C@@]2(C)O3)cc1. The summed E-state index contributed by atoms with van der Waals surface area (Å²) in [5, 5.41) is 9.37. The monoisotopic (exact) mass is 330 g/mol. The van der Waals surface area contributed by atoms with Crippen LogP contribution in [-0.4, -0.2) is 34.6 Å². The number of ether oxygens (including phenoxy) is 1. The van der Waals surface area contributed by atoms with Gasteiger partial charge >= 0.3 is 5.97 Å². The predicted molar refractivity (Wildman–Crippen MR) is 83.8 cm³/mol. The lowest BCUT2D eigenvalue weighted by atomic mass is 9.76. The Balaban J connectivity index is 1.68. The van der Waals surface area contributed by atoms with E-state index in [0.29, 0.717) is 5.56 Å². The average Bonchev–Trinajstić information content (AvgIpc) is 3.06. The minimum absolute atomic E-state index is 0.394. The Hall–Kier alpha value is -2.67. The Labute approximate surface area is 138 Å². The lowest BCUT2D eigenvalue weighted by Crippen LogP contribution is -2.52. The highest BCUT2D eigenvalue weighted by Gasteiger charge is 2.59. The molecule has 3 rings (SSSR count). The van der Waals surface area contributed by atoms with Crippen molar-refractivity contribution in [3.05, 3.63) is 47.5 Å². The molecule has 2 aliphatic rings. The summed E-state index contributed by atoms with van der Waals surface area (Å²) in [5.41, 5.74) is 5.06. The molecule has 1 saturated heterocycles. The first kappa shape index (κ1) is 16.2. The van der Waals surface area contributed by atoms with E-state index in [4.69, 9.17) is 4.74 Å². The van der Waals surface area contributed by atoms with Crippen LogP contribution in [-0.2, 0) is 14.3 Å². The van der Waals surface area contributed by atoms with E-state index in [1.54, 1.807) is 43.3 Å². The van der Waals surface area contributed by atoms with Crippen LogP contribution >= 0.6 is 0 Å². The molecular weight excluding hydrogens is 312 g/mol. The number of aryl methyl sites for hydroxylation is 1. The largest absolute Gasteiger partial charge is 0.481 e. The summed E-state index contributed by atoms with van der Waals surface area (Å²) < 4.78 is 5.61. The van der Waals surface area contributed by atoms with Crippen LogP contribution in [0.25, 0.3) is 0 Å². The maximum atomic E-state index is 12.4. The van der Waals surface area contributed by atoms with E-state index in [1.807, 2.05) is 6.92 Å². The second-order valence-corrected chi connectivity index (χ2v) is 6.28. The van der Waals surface area contributed by atoms with Crippen LogP contribution < -0.4 is 10.9 Å². The maximum absolute atomic E-state index is 12.4. The van der Waals surface area contributed by atoms with Gasteiger partial charge < -0.3 is 9.84 Å². The topological polar surface area (TPSA) is 105 Å². The number of hydrazine groups is 1. The number of nitrogens with one attached hydrogen (secondary N) is 2. The fraction of sp³-hybridized carbons (Fsp3) is 0.353. The number of amides is 2. The summed E-state index contributed by atoms with van der Waals surface area (Å²) >= 11 is 0. The summed E-state index contributed by atoms with van der Waals surface area (Å²) in [6, 6.07) is 6.85. The van der Waals surface area contributed by atoms with Crippen LogP contribution in [0.3, 0.4) is 0 Å². The van der Waals surface area contributed by atoms with Gasteiger partial charge in [0.05, 0.1) is 17.6 Å². The number of rotatable bonds is 3. The first-order valence-electron chi connectivity index (χ1n) is 7.59. The van der Waals surface area contributed by atoms with Crippen molar-refractivity contribution in [2.24, 2.45) is 11.8 Å². The standard InChI is InChI=1S/C17H18N2O5/c1-9-3-5-10(6-4-9)14(20)18-19-15(21)13-12(16(22)23)11-7-8-17(13,2)24-11/h3-8,11-13H,1-2H3,(H,18,20)(H,19,21)(H,22,23)/t11-,12+,13-,17-/m1/s1. The highest BCUT2D eigenvalue weighted by molar-refractivity contribution is 5.96. The van der Waals surface area contributed by atoms with Gasteiger partial charge in [-0.3, -0.25) is 25.2 Å². The minimum Gasteiger partial charge on any atom is -0.481 e. The molecule has 0 aliphatic carbocycles. The van der Waals surface area contributed by atoms with E-state index in [9.17, 15) is 19.5 Å². The third-order valence-corrected chi connectivity index (χ3v) is 4.52. The van der Waals surface area contributed by atoms with Gasteiger partial charge in [0.2, 0.25) is 5.91 Å². The van der Waals surface area contributed by atoms with Gasteiger partial charge in [0.15, 0.2) is 0 Å². The van der Waals surface area contributed by atoms with Gasteiger partial charge in [-0.1, -0.05) is 29.8 Å². The van der Waals surface area contributed by atoms with E-state index < -0.39 is 41.3 Å². The Kier molecular flexibility index (Phi) is 3.88. The number of carboxylic acids is 1. The van der Waals surface area contributed by atoms with Crippen molar-refractivity contribution in [1.82, 2.24) is 10.9 Å². The van der Waals surface area contributed by atoms with Crippen molar-refractivity contribution in [1.29, 1.82) is 0 Å². The van der Waals surface area contributed by atoms with Gasteiger partial charge in [-0.05, 0) is 26.0 Å². The van der Waals surface area contributed by atoms with Gasteiger partial charge in [-0.15, -0.1) is 0 Å². The molecule has 24 heavy (non-hydrogen) atoms. The lowest BCUT2D eigenvalue weighted by molar-refractivity contribution is -0.147. The molecule has 2 amide bonds. The summed E-state index contributed by atoms with van der Waals surface area (Å²) in [6.07, 6.45) is 2.73. The summed E-state index contributed by atoms with van der Waals surface area (Å²) in [6.45, 7) is 3.57. The molecule has 0 aromatic heterocycles. The van der Waals surface area contributed by atoms with Gasteiger partial charge in [0, 0.05) is 5.56 Å². The molecule has 7 nitrogen and oxygen atoms in total. The van der Waals surface area contributed by atoms with E-state index in [1.165, 1.54) is 0 Å². The molecule has 3 N–H and O–H groups in total. The van der Waals surface area contributed by atoms with Crippen molar-refractivity contribution in [3.8, 4) is 0 Å². The van der Waals surface area contributed by atoms with Crippen LogP contribution in [0, 0.1) is 18.8 Å². The second-order valence-electron chi connectivity index (χ2n) is 6.28. The van der Waals surface area contributed by atoms with Crippen LogP contribution in [0.1, 0.15) is 22.8 Å². The molecule has 126 valence electrons. The van der Waals surface area contributed by atoms with E-state index >= 15 is 0 Å². The number of hydrogen-bond acceptors (Lipinski definition) is 4. The number of hydrogen-bond donors (Lipinski definition) is 3. The van der Waals surface area contributed by atoms with E-state index in [2.05, 4.69) is 10.9 Å². The minimum atomic E-state index is -1.10. The highest BCUT2D eigenvalue weighted by Crippen LogP contribution is 2.46. The lowest BCUT2D eigenvalue weighted by Gasteiger charge is -2.27. The zero-order valence-electron chi connectivity index (χ0n) is 13.3. The van der Waals surface area contributed by atoms with Crippen molar-refractivity contribution in [2.75, 3.05) is 0 Å². The third-order valence-electron chi connectivity index (χ3n) is 4.52. The Bertz CT molecular complexity index is 727. The summed E-state index contributed by atoms with van der Waals surface area (Å²) in [4.78, 5) is 35.9. The number of carbonyl (C=O) groups is 3. The number of benzene rings is 1. The van der Waals surface area contributed by atoms with Crippen LogP contribution in [0.5, 0.6) is 0 Å². The number of carbonyl (C=O) groups excluding carboxylic acids is 2. The van der Waals surface area contributed by atoms with Gasteiger partial charge in [0.25, 0.3) is 5.91 Å². The van der Waals surface area contributed by atoms with Crippen molar-refractivity contribution < 1.29 is 24.2 Å². The Morgan fingerprint density at radius 1 is 1.17 bits per heavy atom. The van der Waals surface area contributed by atoms with Gasteiger partial charge in [-0.25, -0.2) is 0 Å². The quantitative estimate of drug-likeness (QED) is 0.562. The summed E-state index contributed by atoms with van der Waals surface area (Å²) in [7, 11) is 0. The molecule has 0 unspecified atom stereocenters. The number of fused-ring (bicyclic) bond motifs is 2.